The Morgan fingerprint density at radius 1 is 1.23 bits per heavy atom. The molecule has 4 aromatic rings. The van der Waals surface area contributed by atoms with Crippen molar-refractivity contribution in [2.75, 3.05) is 51.7 Å². The van der Waals surface area contributed by atoms with E-state index in [0.717, 1.165) is 44.2 Å². The minimum absolute atomic E-state index is 0.0184. The van der Waals surface area contributed by atoms with Gasteiger partial charge in [0.2, 0.25) is 5.88 Å². The molecule has 43 heavy (non-hydrogen) atoms. The summed E-state index contributed by atoms with van der Waals surface area (Å²) >= 11 is 6.77. The molecule has 2 unspecified atom stereocenters. The predicted octanol–water partition coefficient (Wildman–Crippen LogP) is 4.77. The molecule has 2 aliphatic rings. The van der Waals surface area contributed by atoms with E-state index < -0.39 is 12.5 Å². The molecule has 0 radical (unpaired) electrons. The van der Waals surface area contributed by atoms with E-state index in [9.17, 15) is 5.11 Å². The zero-order valence-corrected chi connectivity index (χ0v) is 25.4. The number of aliphatic hydroxyl groups is 1. The van der Waals surface area contributed by atoms with E-state index in [-0.39, 0.29) is 46.3 Å². The molecule has 0 spiro atoms. The van der Waals surface area contributed by atoms with Gasteiger partial charge in [-0.25, -0.2) is 9.37 Å². The monoisotopic (exact) mass is 613 g/mol. The summed E-state index contributed by atoms with van der Waals surface area (Å²) in [7, 11) is 1.45. The molecule has 0 amide bonds. The summed E-state index contributed by atoms with van der Waals surface area (Å²) in [5.41, 5.74) is 1.70. The fourth-order valence-electron chi connectivity index (χ4n) is 6.63. The molecule has 3 aromatic heterocycles. The molecule has 11 nitrogen and oxygen atoms in total. The van der Waals surface area contributed by atoms with Crippen LogP contribution in [0, 0.1) is 18.2 Å². The number of nitrogens with one attached hydrogen (secondary N) is 2. The van der Waals surface area contributed by atoms with Crippen molar-refractivity contribution in [2.45, 2.75) is 52.0 Å². The van der Waals surface area contributed by atoms with Crippen molar-refractivity contribution < 1.29 is 23.7 Å². The maximum absolute atomic E-state index is 16.8. The zero-order chi connectivity index (χ0) is 30.1. The van der Waals surface area contributed by atoms with Gasteiger partial charge in [0.25, 0.3) is 0 Å². The molecule has 1 aliphatic carbocycles. The fraction of sp³-hybridized carbons (Fsp3) is 0.533. The van der Waals surface area contributed by atoms with Crippen LogP contribution in [0.25, 0.3) is 33.1 Å². The number of methoxy groups -OCH3 is 1. The summed E-state index contributed by atoms with van der Waals surface area (Å²) in [6.45, 7) is 5.85. The zero-order valence-electron chi connectivity index (χ0n) is 24.7. The van der Waals surface area contributed by atoms with Crippen LogP contribution in [0.15, 0.2) is 12.3 Å². The number of anilines is 1. The Labute approximate surface area is 254 Å². The molecule has 0 bridgehead atoms. The molecule has 1 saturated carbocycles. The first-order valence-corrected chi connectivity index (χ1v) is 15.2. The second kappa shape index (κ2) is 12.4. The van der Waals surface area contributed by atoms with E-state index in [1.54, 1.807) is 11.1 Å². The summed E-state index contributed by atoms with van der Waals surface area (Å²) in [6.07, 6.45) is 6.98. The standard InChI is InChI=1S/C30H37ClFN7O4/c1-4-42-12-11-39(16-40)27-22-26(36-29(37-27)43-15-30-8-5-7-20(30)33-10-6-9-30)24(32)25(35-28(22)41-3)21-18-14-34-38-19(18)13-17(2)23(21)31/h13-14,20,33,40H,4-12,15-16H2,1-3H3,(H,34,38). The maximum Gasteiger partial charge on any atom is 0.319 e. The van der Waals surface area contributed by atoms with Crippen molar-refractivity contribution in [3.63, 3.8) is 0 Å². The van der Waals surface area contributed by atoms with Crippen molar-refractivity contribution >= 4 is 39.2 Å². The molecule has 2 atom stereocenters. The van der Waals surface area contributed by atoms with Gasteiger partial charge in [0.15, 0.2) is 11.6 Å². The average molecular weight is 614 g/mol. The van der Waals surface area contributed by atoms with E-state index >= 15 is 4.39 Å². The second-order valence-corrected chi connectivity index (χ2v) is 11.7. The van der Waals surface area contributed by atoms with Gasteiger partial charge in [-0.3, -0.25) is 5.10 Å². The van der Waals surface area contributed by atoms with Crippen LogP contribution in [0.2, 0.25) is 5.02 Å². The van der Waals surface area contributed by atoms with E-state index in [1.807, 2.05) is 19.9 Å². The van der Waals surface area contributed by atoms with E-state index in [2.05, 4.69) is 25.5 Å². The summed E-state index contributed by atoms with van der Waals surface area (Å²) in [5.74, 6) is -0.385. The van der Waals surface area contributed by atoms with Crippen LogP contribution in [0.3, 0.4) is 0 Å². The Bertz CT molecular complexity index is 1640. The Morgan fingerprint density at radius 2 is 2.07 bits per heavy atom. The van der Waals surface area contributed by atoms with Crippen LogP contribution in [0.5, 0.6) is 11.9 Å². The van der Waals surface area contributed by atoms with Gasteiger partial charge in [-0.15, -0.1) is 0 Å². The first kappa shape index (κ1) is 29.7. The number of aliphatic hydroxyl groups excluding tert-OH is 1. The number of ether oxygens (including phenoxy) is 3. The topological polar surface area (TPSA) is 131 Å². The second-order valence-electron chi connectivity index (χ2n) is 11.3. The predicted molar refractivity (Wildman–Crippen MR) is 162 cm³/mol. The van der Waals surface area contributed by atoms with Gasteiger partial charge in [-0.2, -0.15) is 15.1 Å². The summed E-state index contributed by atoms with van der Waals surface area (Å²) in [5, 5.41) is 22.3. The number of aromatic nitrogens is 5. The van der Waals surface area contributed by atoms with Gasteiger partial charge in [0.1, 0.15) is 23.3 Å². The van der Waals surface area contributed by atoms with E-state index in [1.165, 1.54) is 7.11 Å². The third-order valence-electron chi connectivity index (χ3n) is 8.82. The summed E-state index contributed by atoms with van der Waals surface area (Å²) < 4.78 is 34.4. The van der Waals surface area contributed by atoms with E-state index in [4.69, 9.17) is 30.8 Å². The number of piperidine rings is 1. The van der Waals surface area contributed by atoms with Gasteiger partial charge >= 0.3 is 6.01 Å². The van der Waals surface area contributed by atoms with E-state index in [0.29, 0.717) is 47.4 Å². The first-order chi connectivity index (χ1) is 20.9. The minimum atomic E-state index is -0.710. The van der Waals surface area contributed by atoms with Crippen molar-refractivity contribution in [2.24, 2.45) is 5.41 Å². The molecular weight excluding hydrogens is 577 g/mol. The minimum Gasteiger partial charge on any atom is -0.480 e. The van der Waals surface area contributed by atoms with Gasteiger partial charge in [0, 0.05) is 35.6 Å². The number of fused-ring (bicyclic) bond motifs is 3. The molecule has 6 rings (SSSR count). The fourth-order valence-corrected chi connectivity index (χ4v) is 6.88. The number of benzene rings is 1. The lowest BCUT2D eigenvalue weighted by atomic mass is 9.76. The Balaban J connectivity index is 1.52. The molecular formula is C30H37ClFN7O4. The number of halogens is 2. The summed E-state index contributed by atoms with van der Waals surface area (Å²) in [6, 6.07) is 2.24. The molecule has 1 saturated heterocycles. The van der Waals surface area contributed by atoms with Crippen molar-refractivity contribution in [3.05, 3.63) is 28.7 Å². The molecule has 13 heteroatoms. The molecule has 1 aliphatic heterocycles. The third kappa shape index (κ3) is 5.34. The average Bonchev–Trinajstić information content (AvgIpc) is 3.67. The van der Waals surface area contributed by atoms with Crippen molar-refractivity contribution in [1.29, 1.82) is 0 Å². The normalized spacial score (nSPS) is 20.1. The summed E-state index contributed by atoms with van der Waals surface area (Å²) in [4.78, 5) is 15.5. The van der Waals surface area contributed by atoms with Crippen LogP contribution >= 0.6 is 11.6 Å². The largest absolute Gasteiger partial charge is 0.480 e. The highest BCUT2D eigenvalue weighted by Crippen LogP contribution is 2.45. The van der Waals surface area contributed by atoms with Crippen molar-refractivity contribution in [3.8, 4) is 23.1 Å². The van der Waals surface area contributed by atoms with Crippen molar-refractivity contribution in [1.82, 2.24) is 30.5 Å². The SMILES string of the molecule is CCOCCN(CO)c1nc(OCC23CCCNC2CCC3)nc2c(F)c(-c3c(Cl)c(C)cc4[nH]ncc34)nc(OC)c12. The number of aryl methyl sites for hydroxylation is 1. The van der Waals surface area contributed by atoms with Gasteiger partial charge in [0.05, 0.1) is 37.1 Å². The Kier molecular flexibility index (Phi) is 8.54. The lowest BCUT2D eigenvalue weighted by Gasteiger charge is -2.39. The number of rotatable bonds is 11. The number of hydrogen-bond acceptors (Lipinski definition) is 10. The Morgan fingerprint density at radius 3 is 2.86 bits per heavy atom. The Hall–Kier alpha value is -3.32. The van der Waals surface area contributed by atoms with Gasteiger partial charge in [-0.05, 0) is 57.7 Å². The van der Waals surface area contributed by atoms with Crippen LogP contribution in [0.1, 0.15) is 44.6 Å². The lowest BCUT2D eigenvalue weighted by molar-refractivity contribution is 0.0798. The highest BCUT2D eigenvalue weighted by atomic mass is 35.5. The highest BCUT2D eigenvalue weighted by molar-refractivity contribution is 6.35. The molecule has 1 aromatic carbocycles. The van der Waals surface area contributed by atoms with Crippen LogP contribution < -0.4 is 19.7 Å². The first-order valence-electron chi connectivity index (χ1n) is 14.8. The molecule has 4 heterocycles. The smallest absolute Gasteiger partial charge is 0.319 e. The lowest BCUT2D eigenvalue weighted by Crippen LogP contribution is -2.49. The van der Waals surface area contributed by atoms with Gasteiger partial charge in [-0.1, -0.05) is 18.0 Å². The van der Waals surface area contributed by atoms with Crippen LogP contribution in [-0.4, -0.2) is 83.0 Å². The van der Waals surface area contributed by atoms with Crippen LogP contribution in [0.4, 0.5) is 10.2 Å². The number of pyridine rings is 1. The van der Waals surface area contributed by atoms with Gasteiger partial charge < -0.3 is 29.5 Å². The molecule has 2 fully saturated rings. The van der Waals surface area contributed by atoms with Crippen LogP contribution in [-0.2, 0) is 4.74 Å². The number of H-pyrrole nitrogens is 1. The number of nitrogens with zero attached hydrogens (tertiary/aromatic N) is 5. The molecule has 230 valence electrons. The third-order valence-corrected chi connectivity index (χ3v) is 9.31. The maximum atomic E-state index is 16.8. The quantitative estimate of drug-likeness (QED) is 0.161. The molecule has 3 N–H and O–H groups in total. The highest BCUT2D eigenvalue weighted by Gasteiger charge is 2.45. The number of aromatic amines is 1. The number of hydrogen-bond donors (Lipinski definition) is 3.